The van der Waals surface area contributed by atoms with Crippen LogP contribution in [0.1, 0.15) is 36.3 Å². The SMILES string of the molecule is CN(C)CCN1C(=O)CCC12CCN(C(=O)c1ncn(C)n1)CC2. The Bertz CT molecular complexity index is 618. The van der Waals surface area contributed by atoms with E-state index in [1.807, 2.05) is 19.0 Å². The summed E-state index contributed by atoms with van der Waals surface area (Å²) in [6, 6.07) is 0. The van der Waals surface area contributed by atoms with Gasteiger partial charge in [0.05, 0.1) is 0 Å². The fourth-order valence-electron chi connectivity index (χ4n) is 3.76. The quantitative estimate of drug-likeness (QED) is 0.773. The molecule has 0 radical (unpaired) electrons. The Morgan fingerprint density at radius 3 is 2.58 bits per heavy atom. The maximum absolute atomic E-state index is 12.5. The van der Waals surface area contributed by atoms with Gasteiger partial charge in [0, 0.05) is 45.2 Å². The monoisotopic (exact) mass is 334 g/mol. The smallest absolute Gasteiger partial charge is 0.293 e. The number of hydrogen-bond acceptors (Lipinski definition) is 5. The van der Waals surface area contributed by atoms with Crippen LogP contribution < -0.4 is 0 Å². The number of carbonyl (C=O) groups excluding carboxylic acids is 2. The Balaban J connectivity index is 1.64. The number of aryl methyl sites for hydroxylation is 1. The average Bonchev–Trinajstić information content (AvgIpc) is 3.11. The first kappa shape index (κ1) is 16.9. The minimum Gasteiger partial charge on any atom is -0.336 e. The molecule has 0 aromatic carbocycles. The van der Waals surface area contributed by atoms with Gasteiger partial charge in [-0.2, -0.15) is 0 Å². The molecule has 3 rings (SSSR count). The molecule has 2 amide bonds. The van der Waals surface area contributed by atoms with Crippen molar-refractivity contribution in [3.05, 3.63) is 12.2 Å². The molecule has 1 aromatic rings. The first-order valence-corrected chi connectivity index (χ1v) is 8.51. The van der Waals surface area contributed by atoms with Gasteiger partial charge in [0.25, 0.3) is 5.91 Å². The van der Waals surface area contributed by atoms with E-state index in [0.29, 0.717) is 19.5 Å². The van der Waals surface area contributed by atoms with E-state index in [1.54, 1.807) is 7.05 Å². The summed E-state index contributed by atoms with van der Waals surface area (Å²) < 4.78 is 1.54. The lowest BCUT2D eigenvalue weighted by atomic mass is 9.85. The number of likely N-dealkylation sites (tertiary alicyclic amines) is 2. The molecule has 2 saturated heterocycles. The molecular weight excluding hydrogens is 308 g/mol. The molecule has 3 heterocycles. The highest BCUT2D eigenvalue weighted by molar-refractivity contribution is 5.90. The summed E-state index contributed by atoms with van der Waals surface area (Å²) in [5.41, 5.74) is -0.0680. The van der Waals surface area contributed by atoms with Crippen molar-refractivity contribution in [2.45, 2.75) is 31.2 Å². The molecular formula is C16H26N6O2. The molecule has 1 aromatic heterocycles. The maximum atomic E-state index is 12.5. The number of hydrogen-bond donors (Lipinski definition) is 0. The Kier molecular flexibility index (Phi) is 4.58. The van der Waals surface area contributed by atoms with Crippen molar-refractivity contribution in [1.29, 1.82) is 0 Å². The highest BCUT2D eigenvalue weighted by Gasteiger charge is 2.47. The normalized spacial score (nSPS) is 20.4. The van der Waals surface area contributed by atoms with E-state index in [9.17, 15) is 9.59 Å². The fourth-order valence-corrected chi connectivity index (χ4v) is 3.76. The summed E-state index contributed by atoms with van der Waals surface area (Å²) in [6.07, 6.45) is 4.75. The van der Waals surface area contributed by atoms with Gasteiger partial charge in [-0.15, -0.1) is 5.10 Å². The van der Waals surface area contributed by atoms with Crippen molar-refractivity contribution in [3.63, 3.8) is 0 Å². The van der Waals surface area contributed by atoms with Gasteiger partial charge < -0.3 is 14.7 Å². The minimum absolute atomic E-state index is 0.0680. The molecule has 0 saturated carbocycles. The molecule has 0 atom stereocenters. The van der Waals surface area contributed by atoms with Crippen LogP contribution in [0.3, 0.4) is 0 Å². The summed E-state index contributed by atoms with van der Waals surface area (Å²) in [5, 5.41) is 4.09. The van der Waals surface area contributed by atoms with E-state index in [2.05, 4.69) is 19.9 Å². The summed E-state index contributed by atoms with van der Waals surface area (Å²) in [5.74, 6) is 0.387. The van der Waals surface area contributed by atoms with E-state index in [1.165, 1.54) is 11.0 Å². The first-order chi connectivity index (χ1) is 11.4. The first-order valence-electron chi connectivity index (χ1n) is 8.51. The zero-order chi connectivity index (χ0) is 17.3. The topological polar surface area (TPSA) is 74.6 Å². The lowest BCUT2D eigenvalue weighted by Crippen LogP contribution is -2.55. The van der Waals surface area contributed by atoms with Gasteiger partial charge in [-0.3, -0.25) is 14.3 Å². The molecule has 0 bridgehead atoms. The van der Waals surface area contributed by atoms with Gasteiger partial charge in [-0.1, -0.05) is 0 Å². The highest BCUT2D eigenvalue weighted by Crippen LogP contribution is 2.39. The van der Waals surface area contributed by atoms with E-state index in [0.717, 1.165) is 32.4 Å². The molecule has 2 aliphatic rings. The third-order valence-electron chi connectivity index (χ3n) is 5.22. The third kappa shape index (κ3) is 3.15. The molecule has 8 heteroatoms. The number of aromatic nitrogens is 3. The summed E-state index contributed by atoms with van der Waals surface area (Å²) in [4.78, 5) is 34.8. The van der Waals surface area contributed by atoms with Gasteiger partial charge in [0.1, 0.15) is 6.33 Å². The van der Waals surface area contributed by atoms with E-state index in [4.69, 9.17) is 0 Å². The van der Waals surface area contributed by atoms with Crippen LogP contribution in [0, 0.1) is 0 Å². The molecule has 1 spiro atoms. The predicted octanol–water partition coefficient (Wildman–Crippen LogP) is -0.0261. The lowest BCUT2D eigenvalue weighted by molar-refractivity contribution is -0.132. The fraction of sp³-hybridized carbons (Fsp3) is 0.750. The van der Waals surface area contributed by atoms with Gasteiger partial charge in [0.15, 0.2) is 0 Å². The van der Waals surface area contributed by atoms with Gasteiger partial charge >= 0.3 is 0 Å². The number of amides is 2. The molecule has 0 unspecified atom stereocenters. The molecule has 0 N–H and O–H groups in total. The molecule has 0 aliphatic carbocycles. The largest absolute Gasteiger partial charge is 0.336 e. The van der Waals surface area contributed by atoms with Crippen LogP contribution in [-0.4, -0.2) is 87.1 Å². The van der Waals surface area contributed by atoms with Gasteiger partial charge in [-0.25, -0.2) is 4.98 Å². The van der Waals surface area contributed by atoms with Crippen LogP contribution in [0.4, 0.5) is 0 Å². The van der Waals surface area contributed by atoms with Crippen molar-refractivity contribution in [1.82, 2.24) is 29.5 Å². The van der Waals surface area contributed by atoms with Crippen molar-refractivity contribution in [3.8, 4) is 0 Å². The molecule has 132 valence electrons. The molecule has 2 fully saturated rings. The molecule has 8 nitrogen and oxygen atoms in total. The molecule has 2 aliphatic heterocycles. The Morgan fingerprint density at radius 2 is 2.00 bits per heavy atom. The van der Waals surface area contributed by atoms with Gasteiger partial charge in [-0.05, 0) is 33.4 Å². The van der Waals surface area contributed by atoms with Crippen LogP contribution in [0.25, 0.3) is 0 Å². The minimum atomic E-state index is -0.116. The second-order valence-corrected chi connectivity index (χ2v) is 7.11. The van der Waals surface area contributed by atoms with Gasteiger partial charge in [0.2, 0.25) is 11.7 Å². The van der Waals surface area contributed by atoms with Crippen molar-refractivity contribution >= 4 is 11.8 Å². The third-order valence-corrected chi connectivity index (χ3v) is 5.22. The predicted molar refractivity (Wildman–Crippen MR) is 88.4 cm³/mol. The second-order valence-electron chi connectivity index (χ2n) is 7.11. The summed E-state index contributed by atoms with van der Waals surface area (Å²) >= 11 is 0. The van der Waals surface area contributed by atoms with Crippen molar-refractivity contribution in [2.24, 2.45) is 7.05 Å². The molecule has 24 heavy (non-hydrogen) atoms. The zero-order valence-electron chi connectivity index (χ0n) is 14.7. The second kappa shape index (κ2) is 6.51. The Labute approximate surface area is 142 Å². The van der Waals surface area contributed by atoms with Crippen LogP contribution >= 0.6 is 0 Å². The van der Waals surface area contributed by atoms with Crippen LogP contribution in [0.15, 0.2) is 6.33 Å². The van der Waals surface area contributed by atoms with Crippen LogP contribution in [-0.2, 0) is 11.8 Å². The lowest BCUT2D eigenvalue weighted by Gasteiger charge is -2.45. The number of nitrogens with zero attached hydrogens (tertiary/aromatic N) is 6. The zero-order valence-corrected chi connectivity index (χ0v) is 14.7. The Morgan fingerprint density at radius 1 is 1.29 bits per heavy atom. The van der Waals surface area contributed by atoms with E-state index >= 15 is 0 Å². The number of piperidine rings is 1. The van der Waals surface area contributed by atoms with Crippen molar-refractivity contribution < 1.29 is 9.59 Å². The number of likely N-dealkylation sites (N-methyl/N-ethyl adjacent to an activating group) is 1. The number of carbonyl (C=O) groups is 2. The maximum Gasteiger partial charge on any atom is 0.293 e. The van der Waals surface area contributed by atoms with E-state index < -0.39 is 0 Å². The van der Waals surface area contributed by atoms with Crippen LogP contribution in [0.2, 0.25) is 0 Å². The van der Waals surface area contributed by atoms with Crippen LogP contribution in [0.5, 0.6) is 0 Å². The standard InChI is InChI=1S/C16H26N6O2/c1-19(2)10-11-22-13(23)4-5-16(22)6-8-21(9-7-16)15(24)14-17-12-20(3)18-14/h12H,4-11H2,1-3H3. The van der Waals surface area contributed by atoms with Crippen molar-refractivity contribution in [2.75, 3.05) is 40.3 Å². The Hall–Kier alpha value is -1.96. The summed E-state index contributed by atoms with van der Waals surface area (Å²) in [6.45, 7) is 2.95. The summed E-state index contributed by atoms with van der Waals surface area (Å²) in [7, 11) is 5.80. The highest BCUT2D eigenvalue weighted by atomic mass is 16.2. The average molecular weight is 334 g/mol. The van der Waals surface area contributed by atoms with E-state index in [-0.39, 0.29) is 23.2 Å². The number of rotatable bonds is 4.